The molecular weight excluding hydrogens is 588 g/mol. The highest BCUT2D eigenvalue weighted by molar-refractivity contribution is 6.06. The van der Waals surface area contributed by atoms with Gasteiger partial charge in [-0.05, 0) is 50.4 Å². The standard InChI is InChI=1S/C34H40N6O6/c1-20-17-40(21(2)19-41)31(42)16-25-15-26(35-33(43)36-28-12-8-10-24-9-6-7-11-27(24)28)13-14-29(25)45-30(20)18-39(5)34(44)37-32-22(3)38-46-23(32)4/h6-15,20-21,30,41H,16-19H2,1-5H3,(H,37,44)(H2,35,36,43)/t20-,21+,30+/m1/s1. The van der Waals surface area contributed by atoms with Gasteiger partial charge in [-0.25, -0.2) is 9.59 Å². The molecule has 46 heavy (non-hydrogen) atoms. The lowest BCUT2D eigenvalue weighted by Crippen LogP contribution is -2.48. The van der Waals surface area contributed by atoms with Crippen LogP contribution in [0.5, 0.6) is 5.75 Å². The lowest BCUT2D eigenvalue weighted by atomic mass is 10.0. The van der Waals surface area contributed by atoms with E-state index in [1.54, 1.807) is 50.9 Å². The van der Waals surface area contributed by atoms with E-state index < -0.39 is 18.2 Å². The number of carbonyl (C=O) groups is 3. The lowest BCUT2D eigenvalue weighted by molar-refractivity contribution is -0.134. The maximum Gasteiger partial charge on any atom is 0.323 e. The first-order valence-electron chi connectivity index (χ1n) is 15.2. The van der Waals surface area contributed by atoms with E-state index in [9.17, 15) is 19.5 Å². The number of aromatic nitrogens is 1. The number of aliphatic hydroxyl groups is 1. The Balaban J connectivity index is 1.37. The minimum Gasteiger partial charge on any atom is -0.488 e. The summed E-state index contributed by atoms with van der Waals surface area (Å²) < 4.78 is 11.7. The van der Waals surface area contributed by atoms with Crippen molar-refractivity contribution in [1.29, 1.82) is 0 Å². The van der Waals surface area contributed by atoms with E-state index in [-0.39, 0.29) is 37.4 Å². The smallest absolute Gasteiger partial charge is 0.323 e. The van der Waals surface area contributed by atoms with Gasteiger partial charge in [-0.3, -0.25) is 4.79 Å². The summed E-state index contributed by atoms with van der Waals surface area (Å²) in [5, 5.41) is 24.4. The maximum atomic E-state index is 13.6. The van der Waals surface area contributed by atoms with Crippen molar-refractivity contribution in [2.75, 3.05) is 42.7 Å². The summed E-state index contributed by atoms with van der Waals surface area (Å²) in [6.07, 6.45) is -0.506. The zero-order valence-electron chi connectivity index (χ0n) is 26.7. The summed E-state index contributed by atoms with van der Waals surface area (Å²) in [6, 6.07) is 17.4. The molecule has 2 heterocycles. The van der Waals surface area contributed by atoms with E-state index in [1.807, 2.05) is 49.4 Å². The monoisotopic (exact) mass is 628 g/mol. The van der Waals surface area contributed by atoms with Crippen molar-refractivity contribution in [2.45, 2.75) is 46.3 Å². The molecule has 1 aromatic heterocycles. The summed E-state index contributed by atoms with van der Waals surface area (Å²) in [4.78, 5) is 42.9. The number of benzene rings is 3. The fourth-order valence-electron chi connectivity index (χ4n) is 5.56. The number of aliphatic hydroxyl groups excluding tert-OH is 1. The first kappa shape index (κ1) is 32.3. The van der Waals surface area contributed by atoms with Crippen LogP contribution in [0, 0.1) is 19.8 Å². The number of hydrogen-bond acceptors (Lipinski definition) is 7. The van der Waals surface area contributed by atoms with Gasteiger partial charge >= 0.3 is 12.1 Å². The zero-order valence-corrected chi connectivity index (χ0v) is 26.7. The van der Waals surface area contributed by atoms with Crippen molar-refractivity contribution in [3.63, 3.8) is 0 Å². The second-order valence-electron chi connectivity index (χ2n) is 11.8. The van der Waals surface area contributed by atoms with E-state index in [4.69, 9.17) is 9.26 Å². The number of nitrogens with one attached hydrogen (secondary N) is 3. The molecule has 5 amide bonds. The SMILES string of the molecule is Cc1noc(C)c1NC(=O)N(C)C[C@@H]1Oc2ccc(NC(=O)Nc3cccc4ccccc34)cc2CC(=O)N([C@@H](C)CO)C[C@H]1C. The summed E-state index contributed by atoms with van der Waals surface area (Å²) in [6.45, 7) is 7.53. The van der Waals surface area contributed by atoms with Crippen molar-refractivity contribution < 1.29 is 28.8 Å². The minimum absolute atomic E-state index is 0.00193. The van der Waals surface area contributed by atoms with Crippen molar-refractivity contribution in [3.8, 4) is 5.75 Å². The Bertz CT molecular complexity index is 1710. The fraction of sp³-hybridized carbons (Fsp3) is 0.353. The molecule has 0 saturated heterocycles. The van der Waals surface area contributed by atoms with Crippen LogP contribution in [0.1, 0.15) is 30.9 Å². The average molecular weight is 629 g/mol. The first-order chi connectivity index (χ1) is 22.0. The summed E-state index contributed by atoms with van der Waals surface area (Å²) in [5.74, 6) is 0.592. The van der Waals surface area contributed by atoms with Crippen LogP contribution in [0.2, 0.25) is 0 Å². The fourth-order valence-corrected chi connectivity index (χ4v) is 5.56. The van der Waals surface area contributed by atoms with Crippen molar-refractivity contribution >= 4 is 45.8 Å². The molecule has 1 aliphatic heterocycles. The number of urea groups is 2. The molecule has 12 nitrogen and oxygen atoms in total. The predicted molar refractivity (Wildman–Crippen MR) is 176 cm³/mol. The molecule has 3 atom stereocenters. The van der Waals surface area contributed by atoms with Crippen LogP contribution >= 0.6 is 0 Å². The topological polar surface area (TPSA) is 149 Å². The number of aryl methyl sites for hydroxylation is 2. The summed E-state index contributed by atoms with van der Waals surface area (Å²) in [5.41, 5.74) is 2.82. The van der Waals surface area contributed by atoms with Crippen LogP contribution in [0.3, 0.4) is 0 Å². The minimum atomic E-state index is -0.507. The maximum absolute atomic E-state index is 13.6. The summed E-state index contributed by atoms with van der Waals surface area (Å²) >= 11 is 0. The Morgan fingerprint density at radius 1 is 1.09 bits per heavy atom. The molecule has 0 spiro atoms. The Morgan fingerprint density at radius 3 is 2.59 bits per heavy atom. The third-order valence-corrected chi connectivity index (χ3v) is 8.28. The quantitative estimate of drug-likeness (QED) is 0.214. The van der Waals surface area contributed by atoms with Gasteiger partial charge in [0.2, 0.25) is 5.91 Å². The Kier molecular flexibility index (Phi) is 9.76. The van der Waals surface area contributed by atoms with Gasteiger partial charge in [0, 0.05) is 36.1 Å². The van der Waals surface area contributed by atoms with Crippen LogP contribution in [0.25, 0.3) is 10.8 Å². The largest absolute Gasteiger partial charge is 0.488 e. The Morgan fingerprint density at radius 2 is 1.85 bits per heavy atom. The first-order valence-corrected chi connectivity index (χ1v) is 15.2. The highest BCUT2D eigenvalue weighted by atomic mass is 16.5. The molecule has 0 saturated carbocycles. The molecule has 4 aromatic rings. The molecule has 3 aromatic carbocycles. The average Bonchev–Trinajstić information content (AvgIpc) is 3.37. The van der Waals surface area contributed by atoms with Gasteiger partial charge in [-0.2, -0.15) is 0 Å². The third kappa shape index (κ3) is 7.23. The highest BCUT2D eigenvalue weighted by Crippen LogP contribution is 2.30. The molecule has 0 radical (unpaired) electrons. The second-order valence-corrected chi connectivity index (χ2v) is 11.8. The van der Waals surface area contributed by atoms with Crippen molar-refractivity contribution in [3.05, 3.63) is 77.7 Å². The second kappa shape index (κ2) is 13.9. The molecule has 1 aliphatic rings. The van der Waals surface area contributed by atoms with Crippen molar-refractivity contribution in [2.24, 2.45) is 5.92 Å². The van der Waals surface area contributed by atoms with Crippen LogP contribution in [0.4, 0.5) is 26.7 Å². The van der Waals surface area contributed by atoms with Crippen LogP contribution in [0.15, 0.2) is 65.2 Å². The third-order valence-electron chi connectivity index (χ3n) is 8.28. The zero-order chi connectivity index (χ0) is 33.0. The molecule has 0 fully saturated rings. The van der Waals surface area contributed by atoms with Crippen molar-refractivity contribution in [1.82, 2.24) is 15.0 Å². The number of carbonyl (C=O) groups excluding carboxylic acids is 3. The van der Waals surface area contributed by atoms with Gasteiger partial charge < -0.3 is 40.1 Å². The molecular formula is C34H40N6O6. The Labute approximate surface area is 267 Å². The Hall–Kier alpha value is -5.10. The van der Waals surface area contributed by atoms with Gasteiger partial charge in [0.1, 0.15) is 23.2 Å². The van der Waals surface area contributed by atoms with Gasteiger partial charge in [-0.15, -0.1) is 0 Å². The molecule has 0 aliphatic carbocycles. The van der Waals surface area contributed by atoms with E-state index in [2.05, 4.69) is 21.1 Å². The van der Waals surface area contributed by atoms with Gasteiger partial charge in [0.25, 0.3) is 0 Å². The molecule has 5 rings (SSSR count). The van der Waals surface area contributed by atoms with Gasteiger partial charge in [-0.1, -0.05) is 48.5 Å². The molecule has 4 N–H and O–H groups in total. The van der Waals surface area contributed by atoms with Crippen LogP contribution < -0.4 is 20.7 Å². The van der Waals surface area contributed by atoms with E-state index in [0.29, 0.717) is 46.4 Å². The number of ether oxygens (including phenoxy) is 1. The number of amides is 5. The number of hydrogen-bond donors (Lipinski definition) is 4. The molecule has 242 valence electrons. The molecule has 0 bridgehead atoms. The van der Waals surface area contributed by atoms with E-state index in [0.717, 1.165) is 10.8 Å². The van der Waals surface area contributed by atoms with Crippen LogP contribution in [-0.4, -0.2) is 76.9 Å². The molecule has 12 heteroatoms. The van der Waals surface area contributed by atoms with E-state index in [1.165, 1.54) is 4.90 Å². The summed E-state index contributed by atoms with van der Waals surface area (Å²) in [7, 11) is 1.66. The van der Waals surface area contributed by atoms with Gasteiger partial charge in [0.05, 0.1) is 31.3 Å². The highest BCUT2D eigenvalue weighted by Gasteiger charge is 2.32. The number of fused-ring (bicyclic) bond motifs is 2. The number of nitrogens with zero attached hydrogens (tertiary/aromatic N) is 3. The number of rotatable bonds is 7. The van der Waals surface area contributed by atoms with Crippen LogP contribution in [-0.2, 0) is 11.2 Å². The normalized spacial score (nSPS) is 17.2. The lowest BCUT2D eigenvalue weighted by Gasteiger charge is -2.34. The number of anilines is 3. The van der Waals surface area contributed by atoms with E-state index >= 15 is 0 Å². The predicted octanol–water partition coefficient (Wildman–Crippen LogP) is 5.40. The molecule has 0 unspecified atom stereocenters. The van der Waals surface area contributed by atoms with Gasteiger partial charge in [0.15, 0.2) is 5.76 Å². The number of likely N-dealkylation sites (N-methyl/N-ethyl adjacent to an activating group) is 1.